The van der Waals surface area contributed by atoms with E-state index in [0.717, 1.165) is 69.4 Å². The first-order valence-corrected chi connectivity index (χ1v) is 8.34. The number of carboxylic acid groups (broad SMARTS) is 1. The minimum absolute atomic E-state index is 0.169. The second-order valence-corrected chi connectivity index (χ2v) is 6.47. The van der Waals surface area contributed by atoms with Gasteiger partial charge in [0, 0.05) is 36.9 Å². The number of aromatic nitrogens is 2. The first kappa shape index (κ1) is 15.5. The van der Waals surface area contributed by atoms with E-state index in [1.807, 2.05) is 4.68 Å². The summed E-state index contributed by atoms with van der Waals surface area (Å²) in [6.45, 7) is 4.69. The number of piperidine rings is 1. The summed E-state index contributed by atoms with van der Waals surface area (Å²) in [7, 11) is 0. The number of likely N-dealkylation sites (tertiary alicyclic amines) is 1. The minimum Gasteiger partial charge on any atom is -0.476 e. The van der Waals surface area contributed by atoms with E-state index in [1.165, 1.54) is 0 Å². The van der Waals surface area contributed by atoms with Crippen molar-refractivity contribution in [1.29, 1.82) is 0 Å². The molecule has 0 radical (unpaired) electrons. The molecular formula is C16H25N3O3. The molecule has 3 rings (SSSR count). The highest BCUT2D eigenvalue weighted by molar-refractivity contribution is 5.87. The third-order valence-corrected chi connectivity index (χ3v) is 4.97. The Hall–Kier alpha value is -1.40. The number of aromatic carboxylic acids is 1. The van der Waals surface area contributed by atoms with Gasteiger partial charge in [-0.2, -0.15) is 5.10 Å². The van der Waals surface area contributed by atoms with Gasteiger partial charge in [-0.15, -0.1) is 0 Å². The van der Waals surface area contributed by atoms with Crippen molar-refractivity contribution < 1.29 is 15.0 Å². The molecule has 1 unspecified atom stereocenters. The van der Waals surface area contributed by atoms with E-state index in [9.17, 15) is 15.0 Å². The maximum Gasteiger partial charge on any atom is 0.356 e. The van der Waals surface area contributed by atoms with Gasteiger partial charge in [-0.1, -0.05) is 6.92 Å². The first-order valence-electron chi connectivity index (χ1n) is 8.34. The van der Waals surface area contributed by atoms with Gasteiger partial charge in [-0.3, -0.25) is 9.58 Å². The lowest BCUT2D eigenvalue weighted by atomic mass is 9.89. The zero-order chi connectivity index (χ0) is 15.7. The summed E-state index contributed by atoms with van der Waals surface area (Å²) < 4.78 is 1.90. The molecule has 6 heteroatoms. The lowest BCUT2D eigenvalue weighted by molar-refractivity contribution is 0.0566. The van der Waals surface area contributed by atoms with Crippen molar-refractivity contribution in [3.8, 4) is 0 Å². The van der Waals surface area contributed by atoms with Crippen LogP contribution in [0.1, 0.15) is 54.4 Å². The Morgan fingerprint density at radius 1 is 1.32 bits per heavy atom. The molecule has 0 bridgehead atoms. The Labute approximate surface area is 130 Å². The standard InChI is InChI=1S/C16H25N3O3/c1-2-7-19-14-4-3-11(18-8-5-12(20)6-9-18)10-13(14)15(17-19)16(21)22/h11-12,20H,2-10H2,1H3,(H,21,22). The summed E-state index contributed by atoms with van der Waals surface area (Å²) in [5.41, 5.74) is 2.29. The van der Waals surface area contributed by atoms with Gasteiger partial charge in [0.25, 0.3) is 0 Å². The van der Waals surface area contributed by atoms with Crippen molar-refractivity contribution in [2.75, 3.05) is 13.1 Å². The molecule has 2 heterocycles. The van der Waals surface area contributed by atoms with Crippen LogP contribution in [0.5, 0.6) is 0 Å². The zero-order valence-electron chi connectivity index (χ0n) is 13.2. The molecular weight excluding hydrogens is 282 g/mol. The van der Waals surface area contributed by atoms with E-state index in [1.54, 1.807) is 0 Å². The molecule has 1 atom stereocenters. The minimum atomic E-state index is -0.916. The fourth-order valence-corrected chi connectivity index (χ4v) is 3.80. The largest absolute Gasteiger partial charge is 0.476 e. The number of hydrogen-bond donors (Lipinski definition) is 2. The molecule has 1 aliphatic carbocycles. The monoisotopic (exact) mass is 307 g/mol. The Kier molecular flexibility index (Phi) is 4.49. The number of fused-ring (bicyclic) bond motifs is 1. The number of aryl methyl sites for hydroxylation is 1. The van der Waals surface area contributed by atoms with Gasteiger partial charge in [0.05, 0.1) is 6.10 Å². The molecule has 1 aromatic rings. The predicted molar refractivity (Wildman–Crippen MR) is 82.1 cm³/mol. The third-order valence-electron chi connectivity index (χ3n) is 4.97. The van der Waals surface area contributed by atoms with E-state index < -0.39 is 5.97 Å². The van der Waals surface area contributed by atoms with Crippen LogP contribution in [0.4, 0.5) is 0 Å². The number of rotatable bonds is 4. The third kappa shape index (κ3) is 2.90. The van der Waals surface area contributed by atoms with Crippen LogP contribution in [-0.4, -0.2) is 56.1 Å². The van der Waals surface area contributed by atoms with Crippen LogP contribution in [0.25, 0.3) is 0 Å². The molecule has 0 saturated carbocycles. The van der Waals surface area contributed by atoms with Crippen LogP contribution >= 0.6 is 0 Å². The van der Waals surface area contributed by atoms with Crippen LogP contribution in [-0.2, 0) is 19.4 Å². The molecule has 1 saturated heterocycles. The Morgan fingerprint density at radius 3 is 2.68 bits per heavy atom. The van der Waals surface area contributed by atoms with Crippen LogP contribution in [0.15, 0.2) is 0 Å². The van der Waals surface area contributed by atoms with Crippen molar-refractivity contribution in [1.82, 2.24) is 14.7 Å². The average Bonchev–Trinajstić information content (AvgIpc) is 2.87. The molecule has 6 nitrogen and oxygen atoms in total. The van der Waals surface area contributed by atoms with Gasteiger partial charge in [-0.05, 0) is 38.5 Å². The fraction of sp³-hybridized carbons (Fsp3) is 0.750. The summed E-state index contributed by atoms with van der Waals surface area (Å²) >= 11 is 0. The molecule has 2 N–H and O–H groups in total. The molecule has 1 aliphatic heterocycles. The Balaban J connectivity index is 1.80. The SMILES string of the molecule is CCCn1nc(C(=O)O)c2c1CCC(N1CCC(O)CC1)C2. The van der Waals surface area contributed by atoms with E-state index in [-0.39, 0.29) is 11.8 Å². The summed E-state index contributed by atoms with van der Waals surface area (Å²) in [6.07, 6.45) is 5.17. The van der Waals surface area contributed by atoms with Gasteiger partial charge in [0.15, 0.2) is 5.69 Å². The van der Waals surface area contributed by atoms with E-state index in [2.05, 4.69) is 16.9 Å². The number of aliphatic hydroxyl groups excluding tert-OH is 1. The number of carbonyl (C=O) groups is 1. The van der Waals surface area contributed by atoms with Gasteiger partial charge < -0.3 is 10.2 Å². The maximum absolute atomic E-state index is 11.5. The number of nitrogens with zero attached hydrogens (tertiary/aromatic N) is 3. The van der Waals surface area contributed by atoms with Crippen molar-refractivity contribution >= 4 is 5.97 Å². The normalized spacial score (nSPS) is 23.5. The number of hydrogen-bond acceptors (Lipinski definition) is 4. The van der Waals surface area contributed by atoms with Crippen molar-refractivity contribution in [3.63, 3.8) is 0 Å². The van der Waals surface area contributed by atoms with Gasteiger partial charge in [0.2, 0.25) is 0 Å². The molecule has 0 spiro atoms. The highest BCUT2D eigenvalue weighted by atomic mass is 16.4. The lowest BCUT2D eigenvalue weighted by Crippen LogP contribution is -2.45. The number of carboxylic acids is 1. The Bertz CT molecular complexity index is 547. The van der Waals surface area contributed by atoms with Crippen molar-refractivity contribution in [3.05, 3.63) is 17.0 Å². The van der Waals surface area contributed by atoms with Crippen LogP contribution in [0, 0.1) is 0 Å². The van der Waals surface area contributed by atoms with Gasteiger partial charge in [-0.25, -0.2) is 4.79 Å². The molecule has 2 aliphatic rings. The molecule has 22 heavy (non-hydrogen) atoms. The van der Waals surface area contributed by atoms with E-state index in [4.69, 9.17) is 0 Å². The van der Waals surface area contributed by atoms with Crippen LogP contribution in [0.2, 0.25) is 0 Å². The fourth-order valence-electron chi connectivity index (χ4n) is 3.80. The van der Waals surface area contributed by atoms with E-state index in [0.29, 0.717) is 6.04 Å². The molecule has 1 fully saturated rings. The molecule has 122 valence electrons. The smallest absolute Gasteiger partial charge is 0.356 e. The highest BCUT2D eigenvalue weighted by Crippen LogP contribution is 2.29. The lowest BCUT2D eigenvalue weighted by Gasteiger charge is -2.38. The quantitative estimate of drug-likeness (QED) is 0.877. The summed E-state index contributed by atoms with van der Waals surface area (Å²) in [5, 5.41) is 23.4. The summed E-state index contributed by atoms with van der Waals surface area (Å²) in [5.74, 6) is -0.916. The molecule has 0 amide bonds. The number of aliphatic hydroxyl groups is 1. The topological polar surface area (TPSA) is 78.6 Å². The average molecular weight is 307 g/mol. The highest BCUT2D eigenvalue weighted by Gasteiger charge is 2.32. The van der Waals surface area contributed by atoms with Gasteiger partial charge in [0.1, 0.15) is 0 Å². The molecule has 0 aromatic carbocycles. The maximum atomic E-state index is 11.5. The van der Waals surface area contributed by atoms with Crippen molar-refractivity contribution in [2.24, 2.45) is 0 Å². The second kappa shape index (κ2) is 6.38. The zero-order valence-corrected chi connectivity index (χ0v) is 13.2. The predicted octanol–water partition coefficient (Wildman–Crippen LogP) is 1.31. The molecule has 1 aromatic heterocycles. The van der Waals surface area contributed by atoms with Crippen molar-refractivity contribution in [2.45, 2.75) is 64.1 Å². The van der Waals surface area contributed by atoms with E-state index >= 15 is 0 Å². The summed E-state index contributed by atoms with van der Waals surface area (Å²) in [6, 6.07) is 0.386. The first-order chi connectivity index (χ1) is 10.6. The summed E-state index contributed by atoms with van der Waals surface area (Å²) in [4.78, 5) is 13.9. The van der Waals surface area contributed by atoms with Crippen LogP contribution in [0.3, 0.4) is 0 Å². The van der Waals surface area contributed by atoms with Gasteiger partial charge >= 0.3 is 5.97 Å². The second-order valence-electron chi connectivity index (χ2n) is 6.47. The van der Waals surface area contributed by atoms with Crippen LogP contribution < -0.4 is 0 Å². The Morgan fingerprint density at radius 2 is 2.05 bits per heavy atom.